The number of amides is 1. The van der Waals surface area contributed by atoms with Crippen LogP contribution in [0.5, 0.6) is 5.75 Å². The molecule has 1 atom stereocenters. The number of nitrogens with one attached hydrogen (secondary N) is 2. The monoisotopic (exact) mass is 426 g/mol. The number of nitrogens with zero attached hydrogens (tertiary/aromatic N) is 2. The van der Waals surface area contributed by atoms with E-state index in [0.29, 0.717) is 29.5 Å². The molecule has 7 nitrogen and oxygen atoms in total. The van der Waals surface area contributed by atoms with Gasteiger partial charge in [-0.3, -0.25) is 4.79 Å². The first-order valence-electron chi connectivity index (χ1n) is 9.53. The number of carbonyl (C=O) groups is 1. The summed E-state index contributed by atoms with van der Waals surface area (Å²) < 4.78 is 24.3. The number of anilines is 1. The summed E-state index contributed by atoms with van der Waals surface area (Å²) in [5.74, 6) is 0.0422. The maximum absolute atomic E-state index is 13.8. The Hall–Kier alpha value is -2.32. The van der Waals surface area contributed by atoms with Crippen LogP contribution in [-0.2, 0) is 0 Å². The van der Waals surface area contributed by atoms with Gasteiger partial charge in [0.15, 0.2) is 23.1 Å². The molecule has 9 heteroatoms. The van der Waals surface area contributed by atoms with Crippen molar-refractivity contribution in [3.8, 4) is 17.1 Å². The fourth-order valence-electron chi connectivity index (χ4n) is 3.41. The van der Waals surface area contributed by atoms with E-state index < -0.39 is 5.82 Å². The number of halogens is 2. The Labute approximate surface area is 176 Å². The van der Waals surface area contributed by atoms with E-state index in [2.05, 4.69) is 15.8 Å². The van der Waals surface area contributed by atoms with E-state index in [9.17, 15) is 9.18 Å². The largest absolute Gasteiger partial charge is 0.494 e. The third-order valence-electron chi connectivity index (χ3n) is 4.93. The van der Waals surface area contributed by atoms with E-state index in [4.69, 9.17) is 9.26 Å². The van der Waals surface area contributed by atoms with Gasteiger partial charge in [0, 0.05) is 32.2 Å². The average Bonchev–Trinajstić information content (AvgIpc) is 3.14. The predicted molar refractivity (Wildman–Crippen MR) is 113 cm³/mol. The summed E-state index contributed by atoms with van der Waals surface area (Å²) in [6.07, 6.45) is 4.43. The van der Waals surface area contributed by atoms with Crippen molar-refractivity contribution in [3.05, 3.63) is 29.6 Å². The molecule has 2 heterocycles. The number of benzene rings is 1. The highest BCUT2D eigenvalue weighted by Crippen LogP contribution is 2.33. The number of hydrogen-bond acceptors (Lipinski definition) is 6. The van der Waals surface area contributed by atoms with E-state index in [1.54, 1.807) is 25.1 Å². The molecular weight excluding hydrogens is 399 g/mol. The molecule has 1 saturated heterocycles. The van der Waals surface area contributed by atoms with Crippen molar-refractivity contribution < 1.29 is 18.4 Å². The van der Waals surface area contributed by atoms with Gasteiger partial charge in [0.25, 0.3) is 5.91 Å². The number of aromatic nitrogens is 1. The van der Waals surface area contributed by atoms with Crippen molar-refractivity contribution in [1.29, 1.82) is 0 Å². The molecule has 1 aromatic carbocycles. The molecule has 0 aliphatic carbocycles. The van der Waals surface area contributed by atoms with Gasteiger partial charge in [-0.05, 0) is 44.0 Å². The summed E-state index contributed by atoms with van der Waals surface area (Å²) in [6.45, 7) is 1.59. The molecule has 2 aromatic rings. The minimum absolute atomic E-state index is 0. The van der Waals surface area contributed by atoms with Crippen molar-refractivity contribution in [2.75, 3.05) is 39.2 Å². The molecule has 1 aliphatic rings. The Bertz CT molecular complexity index is 822. The van der Waals surface area contributed by atoms with Gasteiger partial charge in [-0.25, -0.2) is 4.39 Å². The van der Waals surface area contributed by atoms with E-state index in [0.717, 1.165) is 19.4 Å². The van der Waals surface area contributed by atoms with Crippen LogP contribution in [-0.4, -0.2) is 51.4 Å². The Morgan fingerprint density at radius 3 is 2.86 bits per heavy atom. The lowest BCUT2D eigenvalue weighted by Gasteiger charge is -2.23. The van der Waals surface area contributed by atoms with Gasteiger partial charge < -0.3 is 24.8 Å². The maximum atomic E-state index is 13.8. The Morgan fingerprint density at radius 1 is 1.41 bits per heavy atom. The molecule has 1 aliphatic heterocycles. The summed E-state index contributed by atoms with van der Waals surface area (Å²) in [5, 5.41) is 10.5. The van der Waals surface area contributed by atoms with Crippen LogP contribution in [0.4, 0.5) is 10.2 Å². The summed E-state index contributed by atoms with van der Waals surface area (Å²) in [6, 6.07) is 4.76. The summed E-state index contributed by atoms with van der Waals surface area (Å²) in [4.78, 5) is 14.6. The van der Waals surface area contributed by atoms with E-state index >= 15 is 0 Å². The number of hydrogen-bond donors (Lipinski definition) is 2. The molecule has 160 valence electrons. The van der Waals surface area contributed by atoms with Crippen molar-refractivity contribution >= 4 is 24.1 Å². The van der Waals surface area contributed by atoms with E-state index in [1.807, 2.05) is 0 Å². The van der Waals surface area contributed by atoms with Gasteiger partial charge in [-0.1, -0.05) is 11.6 Å². The number of carbonyl (C=O) groups excluding carboxylic acids is 1. The van der Waals surface area contributed by atoms with Gasteiger partial charge in [-0.2, -0.15) is 0 Å². The topological polar surface area (TPSA) is 79.6 Å². The molecule has 1 aromatic heterocycles. The fraction of sp³-hybridized carbons (Fsp3) is 0.500. The van der Waals surface area contributed by atoms with Crippen molar-refractivity contribution in [2.24, 2.45) is 0 Å². The second-order valence-electron chi connectivity index (χ2n) is 7.15. The molecular formula is C20H28ClFN4O3. The standard InChI is InChI=1S/C20H27FN4O3.ClH/c1-25(2)19-17(20(26)23-11-9-14-6-4-5-10-22-14)18(28-24-19)13-7-8-15(21)16(12-13)27-3;/h7-8,12,14,22H,4-6,9-11H2,1-3H3,(H,23,26);1H. The highest BCUT2D eigenvalue weighted by atomic mass is 35.5. The lowest BCUT2D eigenvalue weighted by Crippen LogP contribution is -2.37. The van der Waals surface area contributed by atoms with E-state index in [1.165, 1.54) is 32.1 Å². The first-order chi connectivity index (χ1) is 13.5. The second kappa shape index (κ2) is 10.5. The number of rotatable bonds is 7. The zero-order valence-corrected chi connectivity index (χ0v) is 17.8. The molecule has 0 saturated carbocycles. The highest BCUT2D eigenvalue weighted by Gasteiger charge is 2.26. The molecule has 3 rings (SSSR count). The maximum Gasteiger partial charge on any atom is 0.259 e. The number of ether oxygens (including phenoxy) is 1. The van der Waals surface area contributed by atoms with Gasteiger partial charge >= 0.3 is 0 Å². The lowest BCUT2D eigenvalue weighted by atomic mass is 10.0. The zero-order valence-electron chi connectivity index (χ0n) is 17.0. The minimum Gasteiger partial charge on any atom is -0.494 e. The lowest BCUT2D eigenvalue weighted by molar-refractivity contribution is 0.0952. The van der Waals surface area contributed by atoms with Crippen LogP contribution in [0.3, 0.4) is 0 Å². The molecule has 29 heavy (non-hydrogen) atoms. The summed E-state index contributed by atoms with van der Waals surface area (Å²) in [7, 11) is 4.96. The van der Waals surface area contributed by atoms with Crippen LogP contribution in [0.25, 0.3) is 11.3 Å². The SMILES string of the molecule is COc1cc(-c2onc(N(C)C)c2C(=O)NCCC2CCCCN2)ccc1F.Cl. The summed E-state index contributed by atoms with van der Waals surface area (Å²) in [5.41, 5.74) is 0.855. The smallest absolute Gasteiger partial charge is 0.259 e. The molecule has 2 N–H and O–H groups in total. The Kier molecular flexibility index (Phi) is 8.28. The fourth-order valence-corrected chi connectivity index (χ4v) is 3.41. The molecule has 1 fully saturated rings. The van der Waals surface area contributed by atoms with Crippen molar-refractivity contribution in [2.45, 2.75) is 31.7 Å². The third-order valence-corrected chi connectivity index (χ3v) is 4.93. The first kappa shape index (κ1) is 23.0. The Morgan fingerprint density at radius 2 is 2.21 bits per heavy atom. The van der Waals surface area contributed by atoms with Gasteiger partial charge in [0.2, 0.25) is 0 Å². The second-order valence-corrected chi connectivity index (χ2v) is 7.15. The molecule has 0 radical (unpaired) electrons. The third kappa shape index (κ3) is 5.39. The van der Waals surface area contributed by atoms with Crippen LogP contribution in [0.1, 0.15) is 36.0 Å². The summed E-state index contributed by atoms with van der Waals surface area (Å²) >= 11 is 0. The molecule has 1 unspecified atom stereocenters. The number of methoxy groups -OCH3 is 1. The van der Waals surface area contributed by atoms with Crippen LogP contribution in [0.2, 0.25) is 0 Å². The van der Waals surface area contributed by atoms with E-state index in [-0.39, 0.29) is 29.8 Å². The van der Waals surface area contributed by atoms with Crippen molar-refractivity contribution in [3.63, 3.8) is 0 Å². The molecule has 0 spiro atoms. The van der Waals surface area contributed by atoms with Crippen molar-refractivity contribution in [1.82, 2.24) is 15.8 Å². The number of piperidine rings is 1. The molecule has 1 amide bonds. The van der Waals surface area contributed by atoms with Crippen LogP contribution < -0.4 is 20.3 Å². The quantitative estimate of drug-likeness (QED) is 0.707. The van der Waals surface area contributed by atoms with Gasteiger partial charge in [0.05, 0.1) is 7.11 Å². The minimum atomic E-state index is -0.482. The average molecular weight is 427 g/mol. The highest BCUT2D eigenvalue weighted by molar-refractivity contribution is 6.04. The van der Waals surface area contributed by atoms with Crippen LogP contribution in [0.15, 0.2) is 22.7 Å². The van der Waals surface area contributed by atoms with Crippen LogP contribution >= 0.6 is 12.4 Å². The first-order valence-corrected chi connectivity index (χ1v) is 9.53. The predicted octanol–water partition coefficient (Wildman–Crippen LogP) is 3.24. The van der Waals surface area contributed by atoms with Crippen LogP contribution in [0, 0.1) is 5.82 Å². The van der Waals surface area contributed by atoms with Gasteiger partial charge in [-0.15, -0.1) is 12.4 Å². The normalized spacial score (nSPS) is 16.1. The Balaban J connectivity index is 0.00000300. The zero-order chi connectivity index (χ0) is 20.1. The van der Waals surface area contributed by atoms with Gasteiger partial charge in [0.1, 0.15) is 5.56 Å². The molecule has 0 bridgehead atoms.